The molecule has 2 fully saturated rings. The Labute approximate surface area is 188 Å². The van der Waals surface area contributed by atoms with Gasteiger partial charge in [-0.1, -0.05) is 74.0 Å². The quantitative estimate of drug-likeness (QED) is 0.418. The third-order valence-electron chi connectivity index (χ3n) is 6.17. The van der Waals surface area contributed by atoms with Gasteiger partial charge >= 0.3 is 12.0 Å². The van der Waals surface area contributed by atoms with Crippen molar-refractivity contribution in [3.05, 3.63) is 71.8 Å². The Kier molecular flexibility index (Phi) is 6.86. The van der Waals surface area contributed by atoms with Gasteiger partial charge in [-0.2, -0.15) is 0 Å². The Morgan fingerprint density at radius 3 is 2.48 bits per heavy atom. The number of urea groups is 1. The van der Waals surface area contributed by atoms with Gasteiger partial charge in [-0.05, 0) is 24.5 Å². The molecule has 4 rings (SSSR count). The van der Waals surface area contributed by atoms with Crippen molar-refractivity contribution >= 4 is 23.8 Å². The molecule has 0 saturated carbocycles. The number of hydrogen-bond acceptors (Lipinski definition) is 4. The first-order valence-electron chi connectivity index (χ1n) is 11.1. The molecule has 1 unspecified atom stereocenters. The summed E-state index contributed by atoms with van der Waals surface area (Å²) in [6, 6.07) is 20.0. The van der Waals surface area contributed by atoms with Gasteiger partial charge in [0, 0.05) is 18.7 Å². The molecule has 2 aromatic rings. The molecule has 2 saturated heterocycles. The van der Waals surface area contributed by atoms with Crippen molar-refractivity contribution in [2.45, 2.75) is 63.2 Å². The fourth-order valence-corrected chi connectivity index (χ4v) is 5.95. The fraction of sp³-hybridized carbons (Fsp3) is 0.440. The lowest BCUT2D eigenvalue weighted by atomic mass is 10.0. The van der Waals surface area contributed by atoms with E-state index >= 15 is 0 Å². The van der Waals surface area contributed by atoms with Crippen molar-refractivity contribution in [1.29, 1.82) is 0 Å². The van der Waals surface area contributed by atoms with Gasteiger partial charge in [0.05, 0.1) is 12.1 Å². The molecule has 2 amide bonds. The highest BCUT2D eigenvalue weighted by atomic mass is 32.2. The Morgan fingerprint density at radius 2 is 1.81 bits per heavy atom. The highest BCUT2D eigenvalue weighted by Crippen LogP contribution is 2.44. The topological polar surface area (TPSA) is 49.9 Å². The van der Waals surface area contributed by atoms with Crippen LogP contribution in [0, 0.1) is 0 Å². The molecule has 4 atom stereocenters. The molecule has 0 N–H and O–H groups in total. The maximum Gasteiger partial charge on any atom is 0.321 e. The van der Waals surface area contributed by atoms with Gasteiger partial charge in [0.25, 0.3) is 0 Å². The summed E-state index contributed by atoms with van der Waals surface area (Å²) in [6.07, 6.45) is 2.22. The van der Waals surface area contributed by atoms with Crippen molar-refractivity contribution < 1.29 is 14.3 Å². The number of unbranched alkanes of at least 4 members (excludes halogenated alkanes) is 1. The number of carbonyl (C=O) groups is 2. The number of rotatable bonds is 8. The van der Waals surface area contributed by atoms with Crippen molar-refractivity contribution in [3.8, 4) is 0 Å². The van der Waals surface area contributed by atoms with Gasteiger partial charge in [-0.25, -0.2) is 4.79 Å². The zero-order chi connectivity index (χ0) is 21.8. The van der Waals surface area contributed by atoms with E-state index in [4.69, 9.17) is 4.74 Å². The zero-order valence-corrected chi connectivity index (χ0v) is 19.0. The molecule has 5 nitrogen and oxygen atoms in total. The number of esters is 1. The van der Waals surface area contributed by atoms with E-state index in [2.05, 4.69) is 26.0 Å². The summed E-state index contributed by atoms with van der Waals surface area (Å²) < 4.78 is 5.88. The Balaban J connectivity index is 1.60. The van der Waals surface area contributed by atoms with Crippen LogP contribution in [0.5, 0.6) is 0 Å². The Morgan fingerprint density at radius 1 is 1.13 bits per heavy atom. The first kappa shape index (κ1) is 21.8. The van der Waals surface area contributed by atoms with Crippen molar-refractivity contribution in [2.75, 3.05) is 5.75 Å². The fourth-order valence-electron chi connectivity index (χ4n) is 4.50. The van der Waals surface area contributed by atoms with Crippen LogP contribution in [0.15, 0.2) is 60.7 Å². The third-order valence-corrected chi connectivity index (χ3v) is 7.40. The predicted molar refractivity (Wildman–Crippen MR) is 124 cm³/mol. The van der Waals surface area contributed by atoms with E-state index in [0.717, 1.165) is 29.7 Å². The SMILES string of the molecule is CCCCC(=O)OC1SC[C@H]2[C@@H]1N(Cc1ccccc1)C(=O)N2[C@H](C)c1ccccc1. The van der Waals surface area contributed by atoms with Crippen LogP contribution in [-0.2, 0) is 16.1 Å². The number of nitrogens with zero attached hydrogens (tertiary/aromatic N) is 2. The number of thioether (sulfide) groups is 1. The molecular formula is C25H30N2O3S. The number of fused-ring (bicyclic) bond motifs is 1. The van der Waals surface area contributed by atoms with E-state index in [-0.39, 0.29) is 35.6 Å². The summed E-state index contributed by atoms with van der Waals surface area (Å²) in [5, 5.41) is 0. The molecule has 2 aromatic carbocycles. The number of ether oxygens (including phenoxy) is 1. The maximum atomic E-state index is 13.6. The van der Waals surface area contributed by atoms with Gasteiger partial charge < -0.3 is 14.5 Å². The summed E-state index contributed by atoms with van der Waals surface area (Å²) in [7, 11) is 0. The van der Waals surface area contributed by atoms with Gasteiger partial charge in [0.1, 0.15) is 6.04 Å². The standard InChI is InChI=1S/C25H30N2O3S/c1-3-4-15-22(28)30-24-23-21(17-31-24)27(18(2)20-13-9-6-10-14-20)25(29)26(23)16-19-11-7-5-8-12-19/h5-14,18,21,23-24H,3-4,15-17H2,1-2H3/t18-,21+,23+,24?/m1/s1. The average molecular weight is 439 g/mol. The minimum atomic E-state index is -0.324. The van der Waals surface area contributed by atoms with Crippen LogP contribution in [0.3, 0.4) is 0 Å². The number of carbonyl (C=O) groups excluding carboxylic acids is 2. The highest BCUT2D eigenvalue weighted by Gasteiger charge is 2.55. The molecule has 0 radical (unpaired) electrons. The Hall–Kier alpha value is -2.47. The van der Waals surface area contributed by atoms with E-state index in [0.29, 0.717) is 13.0 Å². The number of benzene rings is 2. The maximum absolute atomic E-state index is 13.6. The van der Waals surface area contributed by atoms with E-state index in [1.807, 2.05) is 58.3 Å². The minimum absolute atomic E-state index is 0.0143. The first-order valence-corrected chi connectivity index (χ1v) is 12.1. The molecule has 31 heavy (non-hydrogen) atoms. The first-order chi connectivity index (χ1) is 15.1. The van der Waals surface area contributed by atoms with E-state index in [1.54, 1.807) is 11.8 Å². The van der Waals surface area contributed by atoms with E-state index in [1.165, 1.54) is 0 Å². The molecule has 0 aromatic heterocycles. The highest BCUT2D eigenvalue weighted by molar-refractivity contribution is 8.00. The van der Waals surface area contributed by atoms with Crippen molar-refractivity contribution in [1.82, 2.24) is 9.80 Å². The second kappa shape index (κ2) is 9.77. The van der Waals surface area contributed by atoms with Gasteiger partial charge in [0.15, 0.2) is 5.44 Å². The van der Waals surface area contributed by atoms with Crippen molar-refractivity contribution in [2.24, 2.45) is 0 Å². The van der Waals surface area contributed by atoms with Crippen LogP contribution < -0.4 is 0 Å². The molecule has 164 valence electrons. The largest absolute Gasteiger partial charge is 0.449 e. The summed E-state index contributed by atoms with van der Waals surface area (Å²) >= 11 is 1.65. The van der Waals surface area contributed by atoms with Crippen LogP contribution in [-0.4, -0.2) is 45.1 Å². The lowest BCUT2D eigenvalue weighted by Gasteiger charge is -2.29. The number of amides is 2. The number of hydrogen-bond donors (Lipinski definition) is 0. The predicted octanol–water partition coefficient (Wildman–Crippen LogP) is 5.23. The summed E-state index contributed by atoms with van der Waals surface area (Å²) in [6.45, 7) is 4.66. The molecule has 2 aliphatic rings. The normalized spacial score (nSPS) is 23.7. The monoisotopic (exact) mass is 438 g/mol. The molecular weight excluding hydrogens is 408 g/mol. The molecule has 0 spiro atoms. The molecule has 2 heterocycles. The van der Waals surface area contributed by atoms with E-state index in [9.17, 15) is 9.59 Å². The molecule has 0 aliphatic carbocycles. The van der Waals surface area contributed by atoms with Gasteiger partial charge in [-0.3, -0.25) is 4.79 Å². The lowest BCUT2D eigenvalue weighted by molar-refractivity contribution is -0.146. The van der Waals surface area contributed by atoms with Gasteiger partial charge in [-0.15, -0.1) is 11.8 Å². The second-order valence-electron chi connectivity index (χ2n) is 8.24. The van der Waals surface area contributed by atoms with Crippen LogP contribution in [0.4, 0.5) is 4.79 Å². The lowest BCUT2D eigenvalue weighted by Crippen LogP contribution is -2.42. The van der Waals surface area contributed by atoms with Gasteiger partial charge in [0.2, 0.25) is 0 Å². The Bertz CT molecular complexity index is 892. The van der Waals surface area contributed by atoms with Crippen LogP contribution in [0.1, 0.15) is 50.3 Å². The van der Waals surface area contributed by atoms with Crippen LogP contribution in [0.25, 0.3) is 0 Å². The summed E-state index contributed by atoms with van der Waals surface area (Å²) in [5.41, 5.74) is 1.87. The third kappa shape index (κ3) is 4.59. The minimum Gasteiger partial charge on any atom is -0.449 e. The summed E-state index contributed by atoms with van der Waals surface area (Å²) in [4.78, 5) is 29.9. The molecule has 2 aliphatic heterocycles. The van der Waals surface area contributed by atoms with E-state index < -0.39 is 0 Å². The van der Waals surface area contributed by atoms with Crippen LogP contribution in [0.2, 0.25) is 0 Å². The zero-order valence-electron chi connectivity index (χ0n) is 18.1. The average Bonchev–Trinajstić information content (AvgIpc) is 3.31. The van der Waals surface area contributed by atoms with Crippen LogP contribution >= 0.6 is 11.8 Å². The molecule has 6 heteroatoms. The smallest absolute Gasteiger partial charge is 0.321 e. The second-order valence-corrected chi connectivity index (χ2v) is 9.37. The summed E-state index contributed by atoms with van der Waals surface area (Å²) in [5.74, 6) is 0.603. The van der Waals surface area contributed by atoms with Crippen molar-refractivity contribution in [3.63, 3.8) is 0 Å². The molecule has 0 bridgehead atoms.